The van der Waals surface area contributed by atoms with E-state index in [1.54, 1.807) is 34.7 Å². The van der Waals surface area contributed by atoms with Gasteiger partial charge in [-0.2, -0.15) is 0 Å². The number of ether oxygens (including phenoxy) is 1. The van der Waals surface area contributed by atoms with Gasteiger partial charge in [0.2, 0.25) is 11.8 Å². The number of hydrogen-bond acceptors (Lipinski definition) is 4. The summed E-state index contributed by atoms with van der Waals surface area (Å²) >= 11 is 0. The van der Waals surface area contributed by atoms with Gasteiger partial charge in [-0.3, -0.25) is 9.59 Å². The molecular weight excluding hydrogens is 248 g/mol. The highest BCUT2D eigenvalue weighted by Crippen LogP contribution is 2.16. The van der Waals surface area contributed by atoms with Gasteiger partial charge in [-0.15, -0.1) is 0 Å². The fourth-order valence-electron chi connectivity index (χ4n) is 1.82. The summed E-state index contributed by atoms with van der Waals surface area (Å²) in [6, 6.07) is -0.715. The van der Waals surface area contributed by atoms with Gasteiger partial charge in [-0.05, 0) is 27.7 Å². The van der Waals surface area contributed by atoms with Gasteiger partial charge in [0.1, 0.15) is 11.6 Å². The molecule has 6 nitrogen and oxygen atoms in total. The van der Waals surface area contributed by atoms with Crippen molar-refractivity contribution in [1.29, 1.82) is 0 Å². The number of nitrogens with one attached hydrogen (secondary N) is 1. The lowest BCUT2D eigenvalue weighted by molar-refractivity contribution is -0.158. The van der Waals surface area contributed by atoms with Gasteiger partial charge in [-0.25, -0.2) is 4.79 Å². The Balaban J connectivity index is 2.49. The number of rotatable bonds is 3. The van der Waals surface area contributed by atoms with Crippen LogP contribution in [0.3, 0.4) is 0 Å². The average molecular weight is 270 g/mol. The van der Waals surface area contributed by atoms with E-state index in [1.165, 1.54) is 4.90 Å². The summed E-state index contributed by atoms with van der Waals surface area (Å²) < 4.78 is 5.17. The van der Waals surface area contributed by atoms with Gasteiger partial charge in [-0.1, -0.05) is 0 Å². The fourth-order valence-corrected chi connectivity index (χ4v) is 1.82. The van der Waals surface area contributed by atoms with Crippen LogP contribution in [0.4, 0.5) is 0 Å². The fraction of sp³-hybridized carbons (Fsp3) is 0.769. The summed E-state index contributed by atoms with van der Waals surface area (Å²) in [4.78, 5) is 36.5. The summed E-state index contributed by atoms with van der Waals surface area (Å²) in [5, 5.41) is 2.59. The molecule has 1 rings (SSSR count). The first-order valence-electron chi connectivity index (χ1n) is 6.37. The molecule has 0 aromatic carbocycles. The number of amides is 2. The van der Waals surface area contributed by atoms with Crippen LogP contribution in [0, 0.1) is 5.92 Å². The van der Waals surface area contributed by atoms with Gasteiger partial charge in [0, 0.05) is 20.0 Å². The highest BCUT2D eigenvalue weighted by molar-refractivity contribution is 5.91. The molecule has 0 spiro atoms. The minimum atomic E-state index is -0.715. The zero-order valence-corrected chi connectivity index (χ0v) is 12.1. The van der Waals surface area contributed by atoms with Crippen molar-refractivity contribution in [3.05, 3.63) is 0 Å². The lowest BCUT2D eigenvalue weighted by atomic mass is 10.1. The quantitative estimate of drug-likeness (QED) is 0.749. The van der Waals surface area contributed by atoms with E-state index >= 15 is 0 Å². The first-order chi connectivity index (χ1) is 8.60. The molecule has 108 valence electrons. The maximum atomic E-state index is 11.9. The van der Waals surface area contributed by atoms with Crippen molar-refractivity contribution in [2.45, 2.75) is 45.8 Å². The second kappa shape index (κ2) is 5.59. The zero-order valence-electron chi connectivity index (χ0n) is 12.1. The van der Waals surface area contributed by atoms with E-state index in [9.17, 15) is 14.4 Å². The highest BCUT2D eigenvalue weighted by atomic mass is 16.6. The molecule has 0 aromatic heterocycles. The normalized spacial score (nSPS) is 21.2. The Morgan fingerprint density at radius 1 is 1.42 bits per heavy atom. The van der Waals surface area contributed by atoms with E-state index < -0.39 is 17.6 Å². The van der Waals surface area contributed by atoms with Crippen LogP contribution in [-0.2, 0) is 19.1 Å². The second-order valence-electron chi connectivity index (χ2n) is 5.94. The van der Waals surface area contributed by atoms with E-state index in [1.807, 2.05) is 0 Å². The molecule has 1 aliphatic heterocycles. The molecule has 2 amide bonds. The number of nitrogens with zero attached hydrogens (tertiary/aromatic N) is 1. The Labute approximate surface area is 113 Å². The van der Waals surface area contributed by atoms with Crippen molar-refractivity contribution in [2.75, 3.05) is 13.6 Å². The Morgan fingerprint density at radius 3 is 2.42 bits per heavy atom. The number of esters is 1. The first-order valence-corrected chi connectivity index (χ1v) is 6.37. The molecule has 0 aromatic rings. The summed E-state index contributed by atoms with van der Waals surface area (Å²) in [7, 11) is 1.66. The molecule has 1 N–H and O–H groups in total. The molecule has 19 heavy (non-hydrogen) atoms. The predicted molar refractivity (Wildman–Crippen MR) is 69.2 cm³/mol. The van der Waals surface area contributed by atoms with Gasteiger partial charge in [0.25, 0.3) is 0 Å². The van der Waals surface area contributed by atoms with Crippen molar-refractivity contribution in [3.8, 4) is 0 Å². The lowest BCUT2D eigenvalue weighted by Gasteiger charge is -2.23. The summed E-state index contributed by atoms with van der Waals surface area (Å²) in [6.45, 7) is 7.27. The second-order valence-corrected chi connectivity index (χ2v) is 5.94. The molecule has 0 aliphatic carbocycles. The largest absolute Gasteiger partial charge is 0.458 e. The molecule has 2 atom stereocenters. The van der Waals surface area contributed by atoms with Crippen LogP contribution < -0.4 is 5.32 Å². The molecule has 1 fully saturated rings. The van der Waals surface area contributed by atoms with E-state index in [4.69, 9.17) is 4.74 Å². The van der Waals surface area contributed by atoms with Crippen LogP contribution in [0.5, 0.6) is 0 Å². The van der Waals surface area contributed by atoms with Gasteiger partial charge in [0.15, 0.2) is 0 Å². The Hall–Kier alpha value is -1.59. The highest BCUT2D eigenvalue weighted by Gasteiger charge is 2.33. The van der Waals surface area contributed by atoms with Crippen molar-refractivity contribution in [2.24, 2.45) is 5.92 Å². The van der Waals surface area contributed by atoms with E-state index in [0.717, 1.165) is 0 Å². The van der Waals surface area contributed by atoms with Crippen molar-refractivity contribution < 1.29 is 19.1 Å². The van der Waals surface area contributed by atoms with Crippen LogP contribution in [-0.4, -0.2) is 47.9 Å². The van der Waals surface area contributed by atoms with Gasteiger partial charge < -0.3 is 15.0 Å². The Bertz CT molecular complexity index is 387. The van der Waals surface area contributed by atoms with E-state index in [-0.39, 0.29) is 24.2 Å². The topological polar surface area (TPSA) is 75.7 Å². The standard InChI is InChI=1S/C13H22N2O4/c1-8(12(18)19-13(2,3)4)14-11(17)9-6-10(16)15(5)7-9/h8-9H,6-7H2,1-5H3,(H,14,17)/t8-,9?/m1/s1. The molecule has 1 heterocycles. The van der Waals surface area contributed by atoms with Crippen molar-refractivity contribution in [3.63, 3.8) is 0 Å². The molecule has 0 bridgehead atoms. The van der Waals surface area contributed by atoms with E-state index in [0.29, 0.717) is 6.54 Å². The van der Waals surface area contributed by atoms with Gasteiger partial charge >= 0.3 is 5.97 Å². The van der Waals surface area contributed by atoms with Crippen LogP contribution in [0.15, 0.2) is 0 Å². The predicted octanol–water partition coefficient (Wildman–Crippen LogP) is 0.311. The first kappa shape index (κ1) is 15.5. The Morgan fingerprint density at radius 2 is 2.00 bits per heavy atom. The molecule has 1 aliphatic rings. The monoisotopic (exact) mass is 270 g/mol. The summed E-state index contributed by atoms with van der Waals surface area (Å²) in [5.41, 5.74) is -0.584. The molecule has 1 saturated heterocycles. The maximum Gasteiger partial charge on any atom is 0.328 e. The van der Waals surface area contributed by atoms with Gasteiger partial charge in [0.05, 0.1) is 5.92 Å². The van der Waals surface area contributed by atoms with Crippen molar-refractivity contribution >= 4 is 17.8 Å². The molecule has 0 saturated carbocycles. The number of hydrogen-bond donors (Lipinski definition) is 1. The van der Waals surface area contributed by atoms with Crippen LogP contribution in [0.1, 0.15) is 34.1 Å². The molecular formula is C13H22N2O4. The smallest absolute Gasteiger partial charge is 0.328 e. The van der Waals surface area contributed by atoms with Crippen LogP contribution >= 0.6 is 0 Å². The maximum absolute atomic E-state index is 11.9. The molecule has 1 unspecified atom stereocenters. The Kier molecular flexibility index (Phi) is 4.55. The SMILES string of the molecule is C[C@@H](NC(=O)C1CC(=O)N(C)C1)C(=O)OC(C)(C)C. The minimum absolute atomic E-state index is 0.0509. The number of carbonyl (C=O) groups is 3. The summed E-state index contributed by atoms with van der Waals surface area (Å²) in [6.07, 6.45) is 0.198. The molecule has 0 radical (unpaired) electrons. The third kappa shape index (κ3) is 4.54. The lowest BCUT2D eigenvalue weighted by Crippen LogP contribution is -2.44. The zero-order chi connectivity index (χ0) is 14.8. The van der Waals surface area contributed by atoms with Crippen LogP contribution in [0.2, 0.25) is 0 Å². The number of carbonyl (C=O) groups excluding carboxylic acids is 3. The summed E-state index contributed by atoms with van der Waals surface area (Å²) in [5.74, 6) is -1.19. The average Bonchev–Trinajstić information content (AvgIpc) is 2.56. The van der Waals surface area contributed by atoms with Crippen molar-refractivity contribution in [1.82, 2.24) is 10.2 Å². The minimum Gasteiger partial charge on any atom is -0.458 e. The van der Waals surface area contributed by atoms with E-state index in [2.05, 4.69) is 5.32 Å². The third-order valence-electron chi connectivity index (χ3n) is 2.83. The van der Waals surface area contributed by atoms with Crippen LogP contribution in [0.25, 0.3) is 0 Å². The number of likely N-dealkylation sites (tertiary alicyclic amines) is 1. The molecule has 6 heteroatoms. The third-order valence-corrected chi connectivity index (χ3v) is 2.83.